The van der Waals surface area contributed by atoms with Crippen LogP contribution in [0.1, 0.15) is 43.4 Å². The molecule has 2 aliphatic rings. The number of benzene rings is 1. The van der Waals surface area contributed by atoms with Crippen molar-refractivity contribution in [2.24, 2.45) is 11.7 Å². The first kappa shape index (κ1) is 11.8. The van der Waals surface area contributed by atoms with Crippen LogP contribution in [0.2, 0.25) is 0 Å². The normalized spacial score (nSPS) is 27.0. The zero-order chi connectivity index (χ0) is 12.5. The van der Waals surface area contributed by atoms with E-state index in [0.717, 1.165) is 37.6 Å². The van der Waals surface area contributed by atoms with E-state index in [9.17, 15) is 0 Å². The number of rotatable bonds is 0. The third-order valence-corrected chi connectivity index (χ3v) is 3.86. The monoisotopic (exact) mass is 247 g/mol. The van der Waals surface area contributed by atoms with E-state index in [1.54, 1.807) is 0 Å². The summed E-state index contributed by atoms with van der Waals surface area (Å²) in [5, 5.41) is 0. The molecule has 2 N–H and O–H groups in total. The van der Waals surface area contributed by atoms with Crippen LogP contribution in [0.4, 0.5) is 0 Å². The Labute approximate surface area is 108 Å². The van der Waals surface area contributed by atoms with Crippen molar-refractivity contribution in [1.82, 2.24) is 0 Å². The van der Waals surface area contributed by atoms with Gasteiger partial charge in [0, 0.05) is 12.0 Å². The summed E-state index contributed by atoms with van der Waals surface area (Å²) in [7, 11) is 0. The first-order valence-corrected chi connectivity index (χ1v) is 6.92. The van der Waals surface area contributed by atoms with Gasteiger partial charge in [-0.15, -0.1) is 0 Å². The van der Waals surface area contributed by atoms with E-state index in [-0.39, 0.29) is 6.04 Å². The quantitative estimate of drug-likeness (QED) is 0.717. The maximum atomic E-state index is 6.25. The second-order valence-corrected chi connectivity index (χ2v) is 5.58. The average Bonchev–Trinajstić information content (AvgIpc) is 2.66. The van der Waals surface area contributed by atoms with Crippen molar-refractivity contribution in [2.75, 3.05) is 13.2 Å². The van der Waals surface area contributed by atoms with Crippen LogP contribution < -0.4 is 15.2 Å². The van der Waals surface area contributed by atoms with Crippen molar-refractivity contribution in [2.45, 2.75) is 38.6 Å². The third-order valence-electron chi connectivity index (χ3n) is 3.86. The van der Waals surface area contributed by atoms with Crippen LogP contribution in [-0.2, 0) is 6.42 Å². The van der Waals surface area contributed by atoms with Crippen LogP contribution in [0.3, 0.4) is 0 Å². The van der Waals surface area contributed by atoms with Crippen molar-refractivity contribution in [3.63, 3.8) is 0 Å². The van der Waals surface area contributed by atoms with Crippen molar-refractivity contribution in [3.05, 3.63) is 23.3 Å². The smallest absolute Gasteiger partial charge is 0.161 e. The molecule has 3 nitrogen and oxygen atoms in total. The Morgan fingerprint density at radius 1 is 1.11 bits per heavy atom. The molecular formula is C15H21NO2. The van der Waals surface area contributed by atoms with E-state index in [1.165, 1.54) is 24.0 Å². The molecule has 1 aliphatic carbocycles. The number of nitrogens with two attached hydrogens (primary N) is 1. The minimum Gasteiger partial charge on any atom is -0.489 e. The zero-order valence-electron chi connectivity index (χ0n) is 10.9. The van der Waals surface area contributed by atoms with Crippen LogP contribution in [0.5, 0.6) is 11.5 Å². The second kappa shape index (κ2) is 4.81. The number of fused-ring (bicyclic) bond motifs is 2. The first-order valence-electron chi connectivity index (χ1n) is 6.92. The van der Waals surface area contributed by atoms with Crippen LogP contribution in [-0.4, -0.2) is 13.2 Å². The fourth-order valence-electron chi connectivity index (χ4n) is 2.75. The van der Waals surface area contributed by atoms with E-state index in [4.69, 9.17) is 15.2 Å². The Kier molecular flexibility index (Phi) is 3.16. The lowest BCUT2D eigenvalue weighted by atomic mass is 9.99. The molecule has 0 spiro atoms. The maximum absolute atomic E-state index is 6.25. The van der Waals surface area contributed by atoms with Gasteiger partial charge in [-0.05, 0) is 42.5 Å². The fraction of sp³-hybridized carbons (Fsp3) is 0.600. The first-order chi connectivity index (χ1) is 8.74. The second-order valence-electron chi connectivity index (χ2n) is 5.58. The van der Waals surface area contributed by atoms with Crippen LogP contribution in [0.15, 0.2) is 12.1 Å². The van der Waals surface area contributed by atoms with Gasteiger partial charge in [-0.1, -0.05) is 13.3 Å². The molecule has 1 heterocycles. The van der Waals surface area contributed by atoms with Gasteiger partial charge in [0.2, 0.25) is 0 Å². The minimum atomic E-state index is 0.150. The third kappa shape index (κ3) is 2.19. The molecule has 18 heavy (non-hydrogen) atoms. The molecule has 2 unspecified atom stereocenters. The summed E-state index contributed by atoms with van der Waals surface area (Å²) in [6.45, 7) is 3.60. The van der Waals surface area contributed by atoms with Gasteiger partial charge in [0.15, 0.2) is 11.5 Å². The maximum Gasteiger partial charge on any atom is 0.161 e. The highest BCUT2D eigenvalue weighted by Crippen LogP contribution is 2.38. The Bertz CT molecular complexity index is 444. The van der Waals surface area contributed by atoms with E-state index in [2.05, 4.69) is 19.1 Å². The highest BCUT2D eigenvalue weighted by Gasteiger charge is 2.21. The molecule has 1 aromatic rings. The van der Waals surface area contributed by atoms with Gasteiger partial charge in [0.25, 0.3) is 0 Å². The lowest BCUT2D eigenvalue weighted by Gasteiger charge is -2.16. The van der Waals surface area contributed by atoms with Crippen molar-refractivity contribution >= 4 is 0 Å². The summed E-state index contributed by atoms with van der Waals surface area (Å²) in [4.78, 5) is 0. The number of hydrogen-bond donors (Lipinski definition) is 1. The van der Waals surface area contributed by atoms with Gasteiger partial charge >= 0.3 is 0 Å². The van der Waals surface area contributed by atoms with E-state index < -0.39 is 0 Å². The Balaban J connectivity index is 2.00. The highest BCUT2D eigenvalue weighted by molar-refractivity contribution is 5.49. The van der Waals surface area contributed by atoms with Gasteiger partial charge in [-0.2, -0.15) is 0 Å². The summed E-state index contributed by atoms with van der Waals surface area (Å²) >= 11 is 0. The van der Waals surface area contributed by atoms with E-state index >= 15 is 0 Å². The predicted molar refractivity (Wildman–Crippen MR) is 71.1 cm³/mol. The predicted octanol–water partition coefficient (Wildman–Crippen LogP) is 2.82. The number of hydrogen-bond acceptors (Lipinski definition) is 3. The van der Waals surface area contributed by atoms with Gasteiger partial charge in [0.1, 0.15) is 0 Å². The van der Waals surface area contributed by atoms with Crippen molar-refractivity contribution in [3.8, 4) is 11.5 Å². The molecule has 0 saturated carbocycles. The topological polar surface area (TPSA) is 44.5 Å². The summed E-state index contributed by atoms with van der Waals surface area (Å²) in [6.07, 6.45) is 4.61. The van der Waals surface area contributed by atoms with Crippen LogP contribution in [0, 0.1) is 5.92 Å². The van der Waals surface area contributed by atoms with Gasteiger partial charge < -0.3 is 15.2 Å². The zero-order valence-corrected chi connectivity index (χ0v) is 10.9. The molecule has 0 saturated heterocycles. The molecule has 3 rings (SSSR count). The Morgan fingerprint density at radius 3 is 2.61 bits per heavy atom. The van der Waals surface area contributed by atoms with E-state index in [0.29, 0.717) is 5.92 Å². The Hall–Kier alpha value is -1.22. The molecule has 98 valence electrons. The molecule has 2 atom stereocenters. The molecular weight excluding hydrogens is 226 g/mol. The van der Waals surface area contributed by atoms with Gasteiger partial charge in [-0.3, -0.25) is 0 Å². The number of ether oxygens (including phenoxy) is 2. The van der Waals surface area contributed by atoms with Gasteiger partial charge in [0.05, 0.1) is 13.2 Å². The molecule has 0 fully saturated rings. The van der Waals surface area contributed by atoms with Crippen molar-refractivity contribution < 1.29 is 9.47 Å². The van der Waals surface area contributed by atoms with Crippen molar-refractivity contribution in [1.29, 1.82) is 0 Å². The molecule has 0 bridgehead atoms. The van der Waals surface area contributed by atoms with Crippen LogP contribution >= 0.6 is 0 Å². The summed E-state index contributed by atoms with van der Waals surface area (Å²) in [6, 6.07) is 4.41. The Morgan fingerprint density at radius 2 is 1.83 bits per heavy atom. The van der Waals surface area contributed by atoms with Gasteiger partial charge in [-0.25, -0.2) is 0 Å². The molecule has 0 aromatic heterocycles. The lowest BCUT2D eigenvalue weighted by Crippen LogP contribution is -2.12. The van der Waals surface area contributed by atoms with Crippen LogP contribution in [0.25, 0.3) is 0 Å². The standard InChI is InChI=1S/C15H21NO2/c1-10-8-17-14-6-11-4-2-3-5-13(16)12(11)7-15(14)18-9-10/h6-7,10,13H,2-5,8-9,16H2,1H3. The summed E-state index contributed by atoms with van der Waals surface area (Å²) < 4.78 is 11.7. The average molecular weight is 247 g/mol. The summed E-state index contributed by atoms with van der Waals surface area (Å²) in [5.41, 5.74) is 8.85. The molecule has 3 heteroatoms. The number of aryl methyl sites for hydroxylation is 1. The highest BCUT2D eigenvalue weighted by atomic mass is 16.5. The largest absolute Gasteiger partial charge is 0.489 e. The molecule has 0 amide bonds. The summed E-state index contributed by atoms with van der Waals surface area (Å²) in [5.74, 6) is 2.20. The molecule has 0 radical (unpaired) electrons. The lowest BCUT2D eigenvalue weighted by molar-refractivity contribution is 0.228. The van der Waals surface area contributed by atoms with E-state index in [1.807, 2.05) is 0 Å². The molecule has 1 aromatic carbocycles. The fourth-order valence-corrected chi connectivity index (χ4v) is 2.75. The SMILES string of the molecule is CC1COc2cc3c(cc2OC1)C(N)CCCC3. The minimum absolute atomic E-state index is 0.150. The molecule has 1 aliphatic heterocycles.